The van der Waals surface area contributed by atoms with Crippen molar-refractivity contribution in [3.05, 3.63) is 23.8 Å². The first-order chi connectivity index (χ1) is 8.11. The molecule has 0 saturated heterocycles. The van der Waals surface area contributed by atoms with E-state index in [0.29, 0.717) is 22.6 Å². The van der Waals surface area contributed by atoms with Crippen LogP contribution in [0.25, 0.3) is 11.4 Å². The Bertz CT molecular complexity index is 564. The molecule has 1 aromatic heterocycles. The molecule has 2 N–H and O–H groups in total. The summed E-state index contributed by atoms with van der Waals surface area (Å²) in [4.78, 5) is 11.4. The van der Waals surface area contributed by atoms with Gasteiger partial charge in [-0.15, -0.1) is 5.10 Å². The van der Waals surface area contributed by atoms with Gasteiger partial charge >= 0.3 is 5.97 Å². The number of anilines is 1. The molecule has 0 bridgehead atoms. The minimum absolute atomic E-state index is 0.366. The molecule has 88 valence electrons. The summed E-state index contributed by atoms with van der Waals surface area (Å²) in [7, 11) is 3.02. The highest BCUT2D eigenvalue weighted by Crippen LogP contribution is 2.21. The average Bonchev–Trinajstić information content (AvgIpc) is 2.73. The molecule has 0 aliphatic rings. The SMILES string of the molecule is COC(=O)c1cc(N)cc(-c2nnnn2C)c1. The fraction of sp³-hybridized carbons (Fsp3) is 0.200. The highest BCUT2D eigenvalue weighted by atomic mass is 16.5. The molecule has 0 saturated carbocycles. The van der Waals surface area contributed by atoms with Crippen LogP contribution in [0.4, 0.5) is 5.69 Å². The third-order valence-electron chi connectivity index (χ3n) is 2.25. The van der Waals surface area contributed by atoms with Crippen LogP contribution in [-0.2, 0) is 11.8 Å². The van der Waals surface area contributed by atoms with E-state index in [2.05, 4.69) is 20.3 Å². The molecule has 0 spiro atoms. The molecule has 1 aromatic carbocycles. The zero-order valence-electron chi connectivity index (χ0n) is 9.41. The molecular formula is C10H11N5O2. The lowest BCUT2D eigenvalue weighted by Crippen LogP contribution is -2.04. The van der Waals surface area contributed by atoms with Gasteiger partial charge in [0, 0.05) is 18.3 Å². The van der Waals surface area contributed by atoms with Gasteiger partial charge in [-0.2, -0.15) is 0 Å². The molecule has 7 nitrogen and oxygen atoms in total. The van der Waals surface area contributed by atoms with Crippen molar-refractivity contribution >= 4 is 11.7 Å². The first-order valence-electron chi connectivity index (χ1n) is 4.83. The third-order valence-corrected chi connectivity index (χ3v) is 2.25. The third kappa shape index (κ3) is 2.07. The minimum Gasteiger partial charge on any atom is -0.465 e. The van der Waals surface area contributed by atoms with E-state index < -0.39 is 5.97 Å². The van der Waals surface area contributed by atoms with Crippen molar-refractivity contribution in [2.45, 2.75) is 0 Å². The summed E-state index contributed by atoms with van der Waals surface area (Å²) in [5.74, 6) is 0.0798. The van der Waals surface area contributed by atoms with E-state index in [9.17, 15) is 4.79 Å². The summed E-state index contributed by atoms with van der Waals surface area (Å²) in [5.41, 5.74) is 7.20. The van der Waals surface area contributed by atoms with E-state index in [-0.39, 0.29) is 0 Å². The maximum Gasteiger partial charge on any atom is 0.337 e. The summed E-state index contributed by atoms with van der Waals surface area (Å²) < 4.78 is 6.14. The Morgan fingerprint density at radius 2 is 2.18 bits per heavy atom. The molecule has 0 atom stereocenters. The lowest BCUT2D eigenvalue weighted by Gasteiger charge is -2.04. The fourth-order valence-corrected chi connectivity index (χ4v) is 1.49. The molecule has 2 rings (SSSR count). The number of tetrazole rings is 1. The molecule has 0 unspecified atom stereocenters. The number of ether oxygens (including phenoxy) is 1. The number of esters is 1. The second-order valence-electron chi connectivity index (χ2n) is 3.46. The van der Waals surface area contributed by atoms with Crippen LogP contribution in [0, 0.1) is 0 Å². The topological polar surface area (TPSA) is 95.9 Å². The summed E-state index contributed by atoms with van der Waals surface area (Å²) in [6, 6.07) is 4.87. The van der Waals surface area contributed by atoms with Crippen molar-refractivity contribution < 1.29 is 9.53 Å². The maximum absolute atomic E-state index is 11.4. The van der Waals surface area contributed by atoms with E-state index in [0.717, 1.165) is 0 Å². The second-order valence-corrected chi connectivity index (χ2v) is 3.46. The van der Waals surface area contributed by atoms with Gasteiger partial charge in [-0.3, -0.25) is 0 Å². The number of hydrogen-bond acceptors (Lipinski definition) is 6. The quantitative estimate of drug-likeness (QED) is 0.589. The molecule has 17 heavy (non-hydrogen) atoms. The van der Waals surface area contributed by atoms with Crippen molar-refractivity contribution in [1.82, 2.24) is 20.2 Å². The number of hydrogen-bond donors (Lipinski definition) is 1. The van der Waals surface area contributed by atoms with Crippen LogP contribution in [0.5, 0.6) is 0 Å². The van der Waals surface area contributed by atoms with E-state index >= 15 is 0 Å². The molecule has 7 heteroatoms. The van der Waals surface area contributed by atoms with Gasteiger partial charge in [0.05, 0.1) is 12.7 Å². The summed E-state index contributed by atoms with van der Waals surface area (Å²) in [5, 5.41) is 11.1. The number of methoxy groups -OCH3 is 1. The second kappa shape index (κ2) is 4.20. The van der Waals surface area contributed by atoms with Gasteiger partial charge in [-0.1, -0.05) is 0 Å². The Balaban J connectivity index is 2.53. The number of carbonyl (C=O) groups is 1. The lowest BCUT2D eigenvalue weighted by molar-refractivity contribution is 0.0601. The largest absolute Gasteiger partial charge is 0.465 e. The molecule has 0 aliphatic carbocycles. The van der Waals surface area contributed by atoms with Crippen LogP contribution in [0.15, 0.2) is 18.2 Å². The Morgan fingerprint density at radius 3 is 2.76 bits per heavy atom. The monoisotopic (exact) mass is 233 g/mol. The molecule has 0 amide bonds. The van der Waals surface area contributed by atoms with Crippen molar-refractivity contribution in [2.75, 3.05) is 12.8 Å². The van der Waals surface area contributed by atoms with Crippen molar-refractivity contribution in [3.8, 4) is 11.4 Å². The number of nitrogens with zero attached hydrogens (tertiary/aromatic N) is 4. The lowest BCUT2D eigenvalue weighted by atomic mass is 10.1. The predicted octanol–water partition coefficient (Wildman–Crippen LogP) is 0.246. The van der Waals surface area contributed by atoms with Gasteiger partial charge in [0.2, 0.25) is 0 Å². The number of benzene rings is 1. The normalized spacial score (nSPS) is 10.2. The number of rotatable bonds is 2. The molecule has 2 aromatic rings. The van der Waals surface area contributed by atoms with Gasteiger partial charge in [0.15, 0.2) is 5.82 Å². The summed E-state index contributed by atoms with van der Waals surface area (Å²) >= 11 is 0. The number of nitrogens with two attached hydrogens (primary N) is 1. The fourth-order valence-electron chi connectivity index (χ4n) is 1.49. The molecule has 0 radical (unpaired) electrons. The van der Waals surface area contributed by atoms with Gasteiger partial charge in [-0.25, -0.2) is 9.48 Å². The zero-order chi connectivity index (χ0) is 12.4. The van der Waals surface area contributed by atoms with Gasteiger partial charge in [0.1, 0.15) is 0 Å². The van der Waals surface area contributed by atoms with Crippen LogP contribution in [0.1, 0.15) is 10.4 Å². The van der Waals surface area contributed by atoms with Gasteiger partial charge in [0.25, 0.3) is 0 Å². The van der Waals surface area contributed by atoms with Crippen LogP contribution < -0.4 is 5.73 Å². The number of carbonyl (C=O) groups excluding carboxylic acids is 1. The van der Waals surface area contributed by atoms with E-state index in [1.54, 1.807) is 25.2 Å². The Kier molecular flexibility index (Phi) is 2.73. The van der Waals surface area contributed by atoms with Gasteiger partial charge in [-0.05, 0) is 28.6 Å². The van der Waals surface area contributed by atoms with E-state index in [1.165, 1.54) is 11.8 Å². The smallest absolute Gasteiger partial charge is 0.337 e. The summed E-state index contributed by atoms with van der Waals surface area (Å²) in [6.45, 7) is 0. The van der Waals surface area contributed by atoms with Crippen molar-refractivity contribution in [3.63, 3.8) is 0 Å². The first-order valence-corrected chi connectivity index (χ1v) is 4.83. The van der Waals surface area contributed by atoms with E-state index in [4.69, 9.17) is 5.73 Å². The van der Waals surface area contributed by atoms with E-state index in [1.807, 2.05) is 0 Å². The molecule has 0 fully saturated rings. The van der Waals surface area contributed by atoms with Crippen LogP contribution in [0.3, 0.4) is 0 Å². The van der Waals surface area contributed by atoms with Crippen LogP contribution >= 0.6 is 0 Å². The number of nitrogen functional groups attached to an aromatic ring is 1. The average molecular weight is 233 g/mol. The van der Waals surface area contributed by atoms with Gasteiger partial charge < -0.3 is 10.5 Å². The standard InChI is InChI=1S/C10H11N5O2/c1-15-9(12-13-14-15)6-3-7(10(16)17-2)5-8(11)4-6/h3-5H,11H2,1-2H3. The predicted molar refractivity (Wildman–Crippen MR) is 60.0 cm³/mol. The molecule has 0 aliphatic heterocycles. The Morgan fingerprint density at radius 1 is 1.41 bits per heavy atom. The molecular weight excluding hydrogens is 222 g/mol. The highest BCUT2D eigenvalue weighted by molar-refractivity contribution is 5.92. The first kappa shape index (κ1) is 11.1. The van der Waals surface area contributed by atoms with Crippen LogP contribution in [-0.4, -0.2) is 33.3 Å². The number of aryl methyl sites for hydroxylation is 1. The summed E-state index contributed by atoms with van der Waals surface area (Å²) in [6.07, 6.45) is 0. The zero-order valence-corrected chi connectivity index (χ0v) is 9.41. The van der Waals surface area contributed by atoms with Crippen molar-refractivity contribution in [1.29, 1.82) is 0 Å². The van der Waals surface area contributed by atoms with Crippen LogP contribution in [0.2, 0.25) is 0 Å². The molecule has 1 heterocycles. The minimum atomic E-state index is -0.450. The van der Waals surface area contributed by atoms with Crippen molar-refractivity contribution in [2.24, 2.45) is 7.05 Å². The Labute approximate surface area is 97.2 Å². The highest BCUT2D eigenvalue weighted by Gasteiger charge is 2.12. The maximum atomic E-state index is 11.4. The number of aromatic nitrogens is 4. The Hall–Kier alpha value is -2.44.